The summed E-state index contributed by atoms with van der Waals surface area (Å²) >= 11 is 0. The lowest BCUT2D eigenvalue weighted by molar-refractivity contribution is -0.385. The number of nitrogens with zero attached hydrogens (tertiary/aromatic N) is 1. The van der Waals surface area contributed by atoms with Crippen LogP contribution < -0.4 is 5.32 Å². The fourth-order valence-corrected chi connectivity index (χ4v) is 1.32. The van der Waals surface area contributed by atoms with Gasteiger partial charge >= 0.3 is 0 Å². The average molecular weight is 268 g/mol. The number of nitrogens with one attached hydrogen (secondary N) is 1. The first-order valence-electron chi connectivity index (χ1n) is 5.47. The highest BCUT2D eigenvalue weighted by atomic mass is 19.1. The summed E-state index contributed by atoms with van der Waals surface area (Å²) in [7, 11) is 0. The third-order valence-electron chi connectivity index (χ3n) is 2.27. The van der Waals surface area contributed by atoms with Gasteiger partial charge in [-0.25, -0.2) is 4.39 Å². The van der Waals surface area contributed by atoms with Crippen LogP contribution in [0.1, 0.15) is 12.5 Å². The van der Waals surface area contributed by atoms with E-state index in [1.165, 1.54) is 12.1 Å². The molecule has 2 N–H and O–H groups in total. The van der Waals surface area contributed by atoms with Gasteiger partial charge < -0.3 is 10.4 Å². The molecule has 0 aliphatic carbocycles. The molecule has 1 aromatic carbocycles. The van der Waals surface area contributed by atoms with Gasteiger partial charge in [0.05, 0.1) is 23.2 Å². The van der Waals surface area contributed by atoms with Crippen molar-refractivity contribution in [3.8, 4) is 0 Å². The first kappa shape index (κ1) is 14.8. The maximum absolute atomic E-state index is 12.9. The van der Waals surface area contributed by atoms with Crippen LogP contribution in [0, 0.1) is 15.9 Å². The second-order valence-electron chi connectivity index (χ2n) is 3.89. The minimum atomic E-state index is -0.725. The monoisotopic (exact) mass is 268 g/mol. The van der Waals surface area contributed by atoms with Gasteiger partial charge in [0.2, 0.25) is 5.91 Å². The molecule has 0 fully saturated rings. The van der Waals surface area contributed by atoms with Crippen LogP contribution in [0.4, 0.5) is 10.1 Å². The van der Waals surface area contributed by atoms with Crippen molar-refractivity contribution in [3.05, 3.63) is 45.8 Å². The van der Waals surface area contributed by atoms with Gasteiger partial charge in [-0.3, -0.25) is 14.9 Å². The SMILES string of the molecule is CC(CO)NC(=O)/C=C/c1ccc(F)cc1[N+](=O)[O-]. The van der Waals surface area contributed by atoms with E-state index in [0.717, 1.165) is 18.2 Å². The molecule has 0 heterocycles. The Morgan fingerprint density at radius 2 is 2.32 bits per heavy atom. The van der Waals surface area contributed by atoms with Gasteiger partial charge in [-0.1, -0.05) is 0 Å². The van der Waals surface area contributed by atoms with Gasteiger partial charge in [0.1, 0.15) is 5.82 Å². The Bertz CT molecular complexity index is 516. The van der Waals surface area contributed by atoms with Crippen molar-refractivity contribution in [1.82, 2.24) is 5.32 Å². The molecule has 0 spiro atoms. The minimum absolute atomic E-state index is 0.123. The standard InChI is InChI=1S/C12H13FN2O4/c1-8(7-16)14-12(17)5-3-9-2-4-10(13)6-11(9)15(18)19/h2-6,8,16H,7H2,1H3,(H,14,17)/b5-3+. The van der Waals surface area contributed by atoms with Crippen molar-refractivity contribution in [2.45, 2.75) is 13.0 Å². The molecule has 1 atom stereocenters. The van der Waals surface area contributed by atoms with Crippen LogP contribution in [0.25, 0.3) is 6.08 Å². The zero-order valence-electron chi connectivity index (χ0n) is 10.2. The number of aliphatic hydroxyl groups excluding tert-OH is 1. The molecule has 1 unspecified atom stereocenters. The van der Waals surface area contributed by atoms with Crippen LogP contribution in [-0.2, 0) is 4.79 Å². The van der Waals surface area contributed by atoms with E-state index in [1.54, 1.807) is 6.92 Å². The van der Waals surface area contributed by atoms with E-state index < -0.39 is 28.4 Å². The van der Waals surface area contributed by atoms with Crippen molar-refractivity contribution in [3.63, 3.8) is 0 Å². The average Bonchev–Trinajstić information content (AvgIpc) is 2.36. The number of carbonyl (C=O) groups excluding carboxylic acids is 1. The summed E-state index contributed by atoms with van der Waals surface area (Å²) in [5.74, 6) is -1.22. The summed E-state index contributed by atoms with van der Waals surface area (Å²) in [4.78, 5) is 21.4. The van der Waals surface area contributed by atoms with Crippen molar-refractivity contribution in [1.29, 1.82) is 0 Å². The molecular weight excluding hydrogens is 255 g/mol. The summed E-state index contributed by atoms with van der Waals surface area (Å²) in [5, 5.41) is 21.9. The van der Waals surface area contributed by atoms with E-state index in [2.05, 4.69) is 5.32 Å². The van der Waals surface area contributed by atoms with Crippen molar-refractivity contribution in [2.24, 2.45) is 0 Å². The maximum Gasteiger partial charge on any atom is 0.279 e. The summed E-state index contributed by atoms with van der Waals surface area (Å²) in [6.07, 6.45) is 2.31. The van der Waals surface area contributed by atoms with E-state index in [9.17, 15) is 19.3 Å². The lowest BCUT2D eigenvalue weighted by Crippen LogP contribution is -2.33. The fraction of sp³-hybridized carbons (Fsp3) is 0.250. The van der Waals surface area contributed by atoms with Crippen LogP contribution >= 0.6 is 0 Å². The van der Waals surface area contributed by atoms with Gasteiger partial charge in [-0.15, -0.1) is 0 Å². The predicted molar refractivity (Wildman–Crippen MR) is 66.8 cm³/mol. The zero-order valence-corrected chi connectivity index (χ0v) is 10.2. The molecule has 0 saturated heterocycles. The summed E-state index contributed by atoms with van der Waals surface area (Å²) in [5.41, 5.74) is -0.294. The number of nitro groups is 1. The van der Waals surface area contributed by atoms with Crippen LogP contribution in [-0.4, -0.2) is 28.6 Å². The number of aliphatic hydroxyl groups is 1. The largest absolute Gasteiger partial charge is 0.394 e. The van der Waals surface area contributed by atoms with Crippen LogP contribution in [0.3, 0.4) is 0 Å². The van der Waals surface area contributed by atoms with Crippen molar-refractivity contribution >= 4 is 17.7 Å². The molecule has 6 nitrogen and oxygen atoms in total. The van der Waals surface area contributed by atoms with Gasteiger partial charge in [0.15, 0.2) is 0 Å². The molecule has 0 saturated carbocycles. The predicted octanol–water partition coefficient (Wildman–Crippen LogP) is 1.24. The number of carbonyl (C=O) groups is 1. The normalized spacial score (nSPS) is 12.4. The van der Waals surface area contributed by atoms with Gasteiger partial charge in [0, 0.05) is 12.1 Å². The molecule has 0 radical (unpaired) electrons. The molecule has 1 rings (SSSR count). The van der Waals surface area contributed by atoms with Gasteiger partial charge in [-0.05, 0) is 25.1 Å². The lowest BCUT2D eigenvalue weighted by atomic mass is 10.1. The molecule has 102 valence electrons. The molecule has 1 aromatic rings. The number of rotatable bonds is 5. The van der Waals surface area contributed by atoms with Gasteiger partial charge in [0.25, 0.3) is 5.69 Å². The highest BCUT2D eigenvalue weighted by Crippen LogP contribution is 2.20. The number of halogens is 1. The number of benzene rings is 1. The molecule has 7 heteroatoms. The molecular formula is C12H13FN2O4. The number of hydrogen-bond donors (Lipinski definition) is 2. The highest BCUT2D eigenvalue weighted by Gasteiger charge is 2.13. The quantitative estimate of drug-likeness (QED) is 0.477. The van der Waals surface area contributed by atoms with E-state index in [0.29, 0.717) is 0 Å². The summed E-state index contributed by atoms with van der Waals surface area (Å²) < 4.78 is 12.9. The Morgan fingerprint density at radius 1 is 1.63 bits per heavy atom. The smallest absolute Gasteiger partial charge is 0.279 e. The third kappa shape index (κ3) is 4.47. The number of nitro benzene ring substituents is 1. The molecule has 0 bridgehead atoms. The Hall–Kier alpha value is -2.28. The van der Waals surface area contributed by atoms with E-state index in [-0.39, 0.29) is 12.2 Å². The van der Waals surface area contributed by atoms with Gasteiger partial charge in [-0.2, -0.15) is 0 Å². The minimum Gasteiger partial charge on any atom is -0.394 e. The number of amides is 1. The Balaban J connectivity index is 2.87. The maximum atomic E-state index is 12.9. The second kappa shape index (κ2) is 6.60. The summed E-state index contributed by atoms with van der Waals surface area (Å²) in [6, 6.07) is 2.65. The van der Waals surface area contributed by atoms with E-state index >= 15 is 0 Å². The van der Waals surface area contributed by atoms with Crippen LogP contribution in [0.2, 0.25) is 0 Å². The lowest BCUT2D eigenvalue weighted by Gasteiger charge is -2.07. The van der Waals surface area contributed by atoms with Crippen LogP contribution in [0.15, 0.2) is 24.3 Å². The topological polar surface area (TPSA) is 92.5 Å². The van der Waals surface area contributed by atoms with Crippen molar-refractivity contribution in [2.75, 3.05) is 6.61 Å². The van der Waals surface area contributed by atoms with Crippen LogP contribution in [0.5, 0.6) is 0 Å². The Kier molecular flexibility index (Phi) is 5.13. The molecule has 0 aromatic heterocycles. The first-order chi connectivity index (χ1) is 8.93. The summed E-state index contributed by atoms with van der Waals surface area (Å²) in [6.45, 7) is 1.39. The fourth-order valence-electron chi connectivity index (χ4n) is 1.32. The van der Waals surface area contributed by atoms with Crippen molar-refractivity contribution < 1.29 is 19.2 Å². The Labute approximate surface area is 108 Å². The Morgan fingerprint density at radius 3 is 2.89 bits per heavy atom. The van der Waals surface area contributed by atoms with E-state index in [4.69, 9.17) is 5.11 Å². The first-order valence-corrected chi connectivity index (χ1v) is 5.47. The number of hydrogen-bond acceptors (Lipinski definition) is 4. The molecule has 0 aliphatic rings. The highest BCUT2D eigenvalue weighted by molar-refractivity contribution is 5.92. The zero-order chi connectivity index (χ0) is 14.4. The molecule has 1 amide bonds. The second-order valence-corrected chi connectivity index (χ2v) is 3.89. The van der Waals surface area contributed by atoms with E-state index in [1.807, 2.05) is 0 Å². The molecule has 0 aliphatic heterocycles. The third-order valence-corrected chi connectivity index (χ3v) is 2.27. The molecule has 19 heavy (non-hydrogen) atoms.